The third-order valence-corrected chi connectivity index (χ3v) is 6.32. The summed E-state index contributed by atoms with van der Waals surface area (Å²) < 4.78 is 0. The SMILES string of the molecule is CN1CCN(c2ccc3c(c2)Cc2c(C(N)=O)cc(-c4cccc(Cl)c4)nc2-3)CC1. The predicted molar refractivity (Wildman–Crippen MR) is 121 cm³/mol. The minimum Gasteiger partial charge on any atom is -0.369 e. The summed E-state index contributed by atoms with van der Waals surface area (Å²) in [5, 5.41) is 0.632. The summed E-state index contributed by atoms with van der Waals surface area (Å²) in [4.78, 5) is 21.9. The fraction of sp³-hybridized carbons (Fsp3) is 0.250. The van der Waals surface area contributed by atoms with Crippen molar-refractivity contribution in [1.82, 2.24) is 9.88 Å². The number of nitrogens with zero attached hydrogens (tertiary/aromatic N) is 3. The van der Waals surface area contributed by atoms with Gasteiger partial charge in [-0.2, -0.15) is 0 Å². The van der Waals surface area contributed by atoms with Crippen molar-refractivity contribution in [3.63, 3.8) is 0 Å². The highest BCUT2D eigenvalue weighted by Gasteiger charge is 2.27. The van der Waals surface area contributed by atoms with Crippen molar-refractivity contribution in [1.29, 1.82) is 0 Å². The molecule has 1 saturated heterocycles. The van der Waals surface area contributed by atoms with Crippen LogP contribution < -0.4 is 10.6 Å². The number of hydrogen-bond donors (Lipinski definition) is 1. The number of likely N-dealkylation sites (N-methyl/N-ethyl adjacent to an activating group) is 1. The number of hydrogen-bond acceptors (Lipinski definition) is 4. The Hall–Kier alpha value is -2.89. The van der Waals surface area contributed by atoms with Gasteiger partial charge in [-0.05, 0) is 48.5 Å². The third kappa shape index (κ3) is 3.34. The van der Waals surface area contributed by atoms with Crippen molar-refractivity contribution >= 4 is 23.2 Å². The van der Waals surface area contributed by atoms with E-state index in [1.165, 1.54) is 11.3 Å². The topological polar surface area (TPSA) is 62.5 Å². The Bertz CT molecular complexity index is 1150. The van der Waals surface area contributed by atoms with Gasteiger partial charge >= 0.3 is 0 Å². The Morgan fingerprint density at radius 2 is 1.87 bits per heavy atom. The highest BCUT2D eigenvalue weighted by atomic mass is 35.5. The van der Waals surface area contributed by atoms with E-state index in [9.17, 15) is 4.79 Å². The van der Waals surface area contributed by atoms with E-state index in [1.807, 2.05) is 24.3 Å². The molecule has 0 atom stereocenters. The van der Waals surface area contributed by atoms with E-state index in [-0.39, 0.29) is 0 Å². The smallest absolute Gasteiger partial charge is 0.249 e. The molecular formula is C24H23ClN4O. The van der Waals surface area contributed by atoms with Crippen LogP contribution in [0.4, 0.5) is 5.69 Å². The Labute approximate surface area is 181 Å². The summed E-state index contributed by atoms with van der Waals surface area (Å²) >= 11 is 6.17. The number of benzene rings is 2. The maximum absolute atomic E-state index is 12.3. The number of amides is 1. The van der Waals surface area contributed by atoms with Crippen LogP contribution in [0.15, 0.2) is 48.5 Å². The molecule has 0 unspecified atom stereocenters. The molecule has 152 valence electrons. The molecule has 2 heterocycles. The molecule has 0 saturated carbocycles. The van der Waals surface area contributed by atoms with Crippen molar-refractivity contribution in [2.75, 3.05) is 38.1 Å². The zero-order valence-electron chi connectivity index (χ0n) is 16.9. The van der Waals surface area contributed by atoms with Gasteiger partial charge in [-0.3, -0.25) is 4.79 Å². The number of halogens is 1. The van der Waals surface area contributed by atoms with Crippen LogP contribution in [-0.2, 0) is 6.42 Å². The van der Waals surface area contributed by atoms with Gasteiger partial charge in [0.15, 0.2) is 0 Å². The van der Waals surface area contributed by atoms with Crippen LogP contribution in [0.1, 0.15) is 21.5 Å². The first kappa shape index (κ1) is 19.1. The number of rotatable bonds is 3. The summed E-state index contributed by atoms with van der Waals surface area (Å²) in [5.41, 5.74) is 13.1. The number of fused-ring (bicyclic) bond motifs is 3. The van der Waals surface area contributed by atoms with E-state index < -0.39 is 5.91 Å². The number of pyridine rings is 1. The lowest BCUT2D eigenvalue weighted by atomic mass is 10.0. The minimum absolute atomic E-state index is 0.427. The second kappa shape index (κ2) is 7.42. The maximum atomic E-state index is 12.3. The summed E-state index contributed by atoms with van der Waals surface area (Å²) in [7, 11) is 2.16. The molecule has 0 bridgehead atoms. The summed E-state index contributed by atoms with van der Waals surface area (Å²) in [6, 6.07) is 15.8. The highest BCUT2D eigenvalue weighted by Crippen LogP contribution is 2.40. The Morgan fingerprint density at radius 3 is 2.60 bits per heavy atom. The van der Waals surface area contributed by atoms with E-state index >= 15 is 0 Å². The van der Waals surface area contributed by atoms with Crippen molar-refractivity contribution in [2.24, 2.45) is 5.73 Å². The van der Waals surface area contributed by atoms with Crippen molar-refractivity contribution in [2.45, 2.75) is 6.42 Å². The Kier molecular flexibility index (Phi) is 4.72. The number of carbonyl (C=O) groups excluding carboxylic acids is 1. The Balaban J connectivity index is 1.57. The van der Waals surface area contributed by atoms with Crippen LogP contribution in [0.3, 0.4) is 0 Å². The molecule has 2 aliphatic rings. The van der Waals surface area contributed by atoms with Crippen LogP contribution in [0.5, 0.6) is 0 Å². The monoisotopic (exact) mass is 418 g/mol. The van der Waals surface area contributed by atoms with Crippen LogP contribution in [0.25, 0.3) is 22.5 Å². The molecule has 1 aliphatic heterocycles. The second-order valence-corrected chi connectivity index (χ2v) is 8.50. The lowest BCUT2D eigenvalue weighted by Gasteiger charge is -2.34. The fourth-order valence-corrected chi connectivity index (χ4v) is 4.59. The average Bonchev–Trinajstić information content (AvgIpc) is 3.11. The summed E-state index contributed by atoms with van der Waals surface area (Å²) in [6.07, 6.45) is 0.674. The molecule has 1 amide bonds. The lowest BCUT2D eigenvalue weighted by Crippen LogP contribution is -2.44. The molecule has 1 fully saturated rings. The molecular weight excluding hydrogens is 396 g/mol. The molecule has 0 spiro atoms. The summed E-state index contributed by atoms with van der Waals surface area (Å²) in [5.74, 6) is -0.427. The van der Waals surface area contributed by atoms with Gasteiger partial charge < -0.3 is 15.5 Å². The highest BCUT2D eigenvalue weighted by molar-refractivity contribution is 6.30. The third-order valence-electron chi connectivity index (χ3n) is 6.09. The molecule has 5 nitrogen and oxygen atoms in total. The Morgan fingerprint density at radius 1 is 1.07 bits per heavy atom. The number of anilines is 1. The molecule has 6 heteroatoms. The van der Waals surface area contributed by atoms with E-state index in [4.69, 9.17) is 22.3 Å². The molecule has 5 rings (SSSR count). The van der Waals surface area contributed by atoms with E-state index in [0.29, 0.717) is 22.7 Å². The molecule has 1 aliphatic carbocycles. The van der Waals surface area contributed by atoms with Gasteiger partial charge in [0.05, 0.1) is 11.4 Å². The number of primary amides is 1. The quantitative estimate of drug-likeness (QED) is 0.549. The van der Waals surface area contributed by atoms with Crippen molar-refractivity contribution < 1.29 is 4.79 Å². The van der Waals surface area contributed by atoms with Crippen molar-refractivity contribution in [3.8, 4) is 22.5 Å². The number of nitrogens with two attached hydrogens (primary N) is 1. The molecule has 1 aromatic heterocycles. The van der Waals surface area contributed by atoms with E-state index in [0.717, 1.165) is 48.6 Å². The zero-order chi connectivity index (χ0) is 20.8. The van der Waals surface area contributed by atoms with Crippen LogP contribution >= 0.6 is 11.6 Å². The molecule has 2 N–H and O–H groups in total. The maximum Gasteiger partial charge on any atom is 0.249 e. The van der Waals surface area contributed by atoms with Gasteiger partial charge in [-0.1, -0.05) is 29.8 Å². The van der Waals surface area contributed by atoms with Gasteiger partial charge in [0, 0.05) is 60.0 Å². The van der Waals surface area contributed by atoms with Gasteiger partial charge in [0.2, 0.25) is 5.91 Å². The number of piperazine rings is 1. The van der Waals surface area contributed by atoms with Gasteiger partial charge in [0.25, 0.3) is 0 Å². The first-order chi connectivity index (χ1) is 14.5. The first-order valence-electron chi connectivity index (χ1n) is 10.2. The first-order valence-corrected chi connectivity index (χ1v) is 10.5. The second-order valence-electron chi connectivity index (χ2n) is 8.07. The number of carbonyl (C=O) groups is 1. The minimum atomic E-state index is -0.427. The van der Waals surface area contributed by atoms with Gasteiger partial charge in [-0.15, -0.1) is 0 Å². The average molecular weight is 419 g/mol. The van der Waals surface area contributed by atoms with Crippen LogP contribution in [0, 0.1) is 0 Å². The predicted octanol–water partition coefficient (Wildman–Crippen LogP) is 3.82. The standard InChI is InChI=1S/C24H23ClN4O/c1-28-7-9-29(10-8-28)18-5-6-19-16(12-18)13-20-21(24(26)30)14-22(27-23(19)20)15-3-2-4-17(25)11-15/h2-6,11-12,14H,7-10,13H2,1H3,(H2,26,30). The van der Waals surface area contributed by atoms with Crippen LogP contribution in [0.2, 0.25) is 5.02 Å². The number of aromatic nitrogens is 1. The fourth-order valence-electron chi connectivity index (χ4n) is 4.40. The molecule has 3 aromatic rings. The van der Waals surface area contributed by atoms with E-state index in [2.05, 4.69) is 35.0 Å². The van der Waals surface area contributed by atoms with Crippen LogP contribution in [-0.4, -0.2) is 49.0 Å². The van der Waals surface area contributed by atoms with Gasteiger partial charge in [0.1, 0.15) is 0 Å². The van der Waals surface area contributed by atoms with Gasteiger partial charge in [-0.25, -0.2) is 4.98 Å². The largest absolute Gasteiger partial charge is 0.369 e. The van der Waals surface area contributed by atoms with Crippen molar-refractivity contribution in [3.05, 3.63) is 70.2 Å². The lowest BCUT2D eigenvalue weighted by molar-refractivity contribution is 0.0999. The normalized spacial score (nSPS) is 15.7. The van der Waals surface area contributed by atoms with E-state index in [1.54, 1.807) is 6.07 Å². The summed E-state index contributed by atoms with van der Waals surface area (Å²) in [6.45, 7) is 4.17. The molecule has 2 aromatic carbocycles. The molecule has 30 heavy (non-hydrogen) atoms. The molecule has 0 radical (unpaired) electrons. The zero-order valence-corrected chi connectivity index (χ0v) is 17.6.